The molecule has 134 valence electrons. The molecular formula is C23H27N3. The minimum Gasteiger partial charge on any atom is -0.346 e. The fraction of sp³-hybridized carbons (Fsp3) is 0.304. The van der Waals surface area contributed by atoms with Gasteiger partial charge in [-0.3, -0.25) is 0 Å². The van der Waals surface area contributed by atoms with Crippen LogP contribution in [-0.2, 0) is 26.6 Å². The van der Waals surface area contributed by atoms with Crippen molar-refractivity contribution < 1.29 is 0 Å². The van der Waals surface area contributed by atoms with Crippen LogP contribution in [0.15, 0.2) is 49.0 Å². The van der Waals surface area contributed by atoms with E-state index in [2.05, 4.69) is 91.5 Å². The monoisotopic (exact) mass is 345 g/mol. The Balaban J connectivity index is 1.70. The molecule has 0 N–H and O–H groups in total. The molecule has 0 fully saturated rings. The first-order valence-electron chi connectivity index (χ1n) is 9.29. The average Bonchev–Trinajstić information content (AvgIpc) is 3.11. The lowest BCUT2D eigenvalue weighted by molar-refractivity contribution is 0.392. The largest absolute Gasteiger partial charge is 0.346 e. The van der Waals surface area contributed by atoms with Crippen LogP contribution in [0.25, 0.3) is 16.6 Å². The maximum Gasteiger partial charge on any atom is 0.0488 e. The molecule has 1 aliphatic heterocycles. The van der Waals surface area contributed by atoms with Gasteiger partial charge in [0.25, 0.3) is 0 Å². The lowest BCUT2D eigenvalue weighted by Gasteiger charge is -2.19. The van der Waals surface area contributed by atoms with Gasteiger partial charge in [0, 0.05) is 53.7 Å². The van der Waals surface area contributed by atoms with E-state index in [0.717, 1.165) is 25.2 Å². The van der Waals surface area contributed by atoms with E-state index >= 15 is 0 Å². The summed E-state index contributed by atoms with van der Waals surface area (Å²) in [5.41, 5.74) is 8.98. The molecular weight excluding hydrogens is 318 g/mol. The zero-order chi connectivity index (χ0) is 18.4. The van der Waals surface area contributed by atoms with Gasteiger partial charge in [0.15, 0.2) is 0 Å². The van der Waals surface area contributed by atoms with E-state index in [0.29, 0.717) is 0 Å². The van der Waals surface area contributed by atoms with Gasteiger partial charge >= 0.3 is 0 Å². The third-order valence-corrected chi connectivity index (χ3v) is 5.46. The molecule has 1 aromatic heterocycles. The van der Waals surface area contributed by atoms with Crippen LogP contribution < -0.4 is 4.90 Å². The van der Waals surface area contributed by atoms with Crippen LogP contribution in [0, 0.1) is 0 Å². The van der Waals surface area contributed by atoms with Crippen LogP contribution in [0.1, 0.15) is 29.3 Å². The van der Waals surface area contributed by atoms with Crippen molar-refractivity contribution in [2.75, 3.05) is 19.0 Å². The number of aryl methyl sites for hydroxylation is 2. The highest BCUT2D eigenvalue weighted by Gasteiger charge is 2.24. The summed E-state index contributed by atoms with van der Waals surface area (Å²) in [6, 6.07) is 15.9. The van der Waals surface area contributed by atoms with Gasteiger partial charge in [-0.25, -0.2) is 0 Å². The van der Waals surface area contributed by atoms with Gasteiger partial charge in [-0.15, -0.1) is 0 Å². The molecule has 1 aliphatic rings. The molecule has 4 rings (SSSR count). The Morgan fingerprint density at radius 2 is 1.88 bits per heavy atom. The summed E-state index contributed by atoms with van der Waals surface area (Å²) >= 11 is 0. The van der Waals surface area contributed by atoms with E-state index in [9.17, 15) is 0 Å². The second-order valence-electron chi connectivity index (χ2n) is 7.55. The number of nitrogens with zero attached hydrogens (tertiary/aromatic N) is 3. The van der Waals surface area contributed by atoms with E-state index in [1.54, 1.807) is 0 Å². The maximum atomic E-state index is 4.38. The number of benzene rings is 2. The number of rotatable bonds is 4. The van der Waals surface area contributed by atoms with Gasteiger partial charge in [0.1, 0.15) is 0 Å². The van der Waals surface area contributed by atoms with Gasteiger partial charge < -0.3 is 14.4 Å². The van der Waals surface area contributed by atoms with Gasteiger partial charge in [-0.2, -0.15) is 0 Å². The van der Waals surface area contributed by atoms with Gasteiger partial charge in [-0.05, 0) is 62.0 Å². The molecule has 0 atom stereocenters. The van der Waals surface area contributed by atoms with Gasteiger partial charge in [-0.1, -0.05) is 25.6 Å². The molecule has 0 radical (unpaired) electrons. The highest BCUT2D eigenvalue weighted by Crippen LogP contribution is 2.37. The topological polar surface area (TPSA) is 11.4 Å². The zero-order valence-electron chi connectivity index (χ0n) is 16.2. The van der Waals surface area contributed by atoms with Gasteiger partial charge in [0.05, 0.1) is 0 Å². The Hall–Kier alpha value is -2.52. The standard InChI is InChI=1S/C23H27N3/c1-6-17-7-8-18-14-26(16(2)22(18)11-17)20-9-10-23-19(12-20)13-21(25(23)5)15-24(3)4/h7-13H,2,6,14-15H2,1,3-5H3. The summed E-state index contributed by atoms with van der Waals surface area (Å²) in [4.78, 5) is 4.54. The normalized spacial score (nSPS) is 13.9. The van der Waals surface area contributed by atoms with Crippen molar-refractivity contribution in [3.05, 3.63) is 71.4 Å². The summed E-state index contributed by atoms with van der Waals surface area (Å²) in [7, 11) is 6.37. The smallest absolute Gasteiger partial charge is 0.0488 e. The zero-order valence-corrected chi connectivity index (χ0v) is 16.2. The minimum absolute atomic E-state index is 0.904. The maximum absolute atomic E-state index is 4.38. The van der Waals surface area contributed by atoms with Crippen LogP contribution in [0.3, 0.4) is 0 Å². The third-order valence-electron chi connectivity index (χ3n) is 5.46. The third kappa shape index (κ3) is 2.73. The Morgan fingerprint density at radius 1 is 1.08 bits per heavy atom. The summed E-state index contributed by atoms with van der Waals surface area (Å²) < 4.78 is 2.29. The number of fused-ring (bicyclic) bond motifs is 2. The molecule has 0 aliphatic carbocycles. The van der Waals surface area contributed by atoms with Crippen molar-refractivity contribution in [3.8, 4) is 0 Å². The Kier molecular flexibility index (Phi) is 4.12. The van der Waals surface area contributed by atoms with Crippen molar-refractivity contribution >= 4 is 22.3 Å². The lowest BCUT2D eigenvalue weighted by atomic mass is 10.0. The Labute approximate surface area is 156 Å². The molecule has 26 heavy (non-hydrogen) atoms. The summed E-state index contributed by atoms with van der Waals surface area (Å²) in [6.45, 7) is 8.44. The molecule has 3 aromatic rings. The van der Waals surface area contributed by atoms with Crippen LogP contribution in [0.4, 0.5) is 5.69 Å². The first kappa shape index (κ1) is 16.9. The second-order valence-corrected chi connectivity index (χ2v) is 7.55. The Morgan fingerprint density at radius 3 is 2.62 bits per heavy atom. The SMILES string of the molecule is C=C1c2cc(CC)ccc2CN1c1ccc2c(c1)cc(CN(C)C)n2C. The molecule has 0 bridgehead atoms. The first-order valence-corrected chi connectivity index (χ1v) is 9.29. The second kappa shape index (κ2) is 6.33. The van der Waals surface area contributed by atoms with E-state index < -0.39 is 0 Å². The van der Waals surface area contributed by atoms with Crippen molar-refractivity contribution in [3.63, 3.8) is 0 Å². The van der Waals surface area contributed by atoms with Crippen molar-refractivity contribution in [1.29, 1.82) is 0 Å². The van der Waals surface area contributed by atoms with Crippen molar-refractivity contribution in [2.45, 2.75) is 26.4 Å². The summed E-state index contributed by atoms with van der Waals surface area (Å²) in [6.07, 6.45) is 1.06. The highest BCUT2D eigenvalue weighted by atomic mass is 15.2. The number of hydrogen-bond donors (Lipinski definition) is 0. The summed E-state index contributed by atoms with van der Waals surface area (Å²) in [5, 5.41) is 1.29. The highest BCUT2D eigenvalue weighted by molar-refractivity contribution is 5.90. The quantitative estimate of drug-likeness (QED) is 0.673. The predicted molar refractivity (Wildman–Crippen MR) is 111 cm³/mol. The lowest BCUT2D eigenvalue weighted by Crippen LogP contribution is -2.13. The molecule has 2 aromatic carbocycles. The fourth-order valence-electron chi connectivity index (χ4n) is 3.95. The molecule has 0 spiro atoms. The van der Waals surface area contributed by atoms with Crippen molar-refractivity contribution in [1.82, 2.24) is 9.47 Å². The molecule has 3 heteroatoms. The van der Waals surface area contributed by atoms with E-state index in [4.69, 9.17) is 0 Å². The molecule has 0 saturated carbocycles. The van der Waals surface area contributed by atoms with Crippen LogP contribution in [0.5, 0.6) is 0 Å². The average molecular weight is 345 g/mol. The summed E-state index contributed by atoms with van der Waals surface area (Å²) in [5.74, 6) is 0. The van der Waals surface area contributed by atoms with Gasteiger partial charge in [0.2, 0.25) is 0 Å². The van der Waals surface area contributed by atoms with Crippen LogP contribution in [-0.4, -0.2) is 23.6 Å². The molecule has 2 heterocycles. The molecule has 0 unspecified atom stereocenters. The van der Waals surface area contributed by atoms with Crippen LogP contribution in [0.2, 0.25) is 0 Å². The number of anilines is 1. The molecule has 3 nitrogen and oxygen atoms in total. The molecule has 0 amide bonds. The minimum atomic E-state index is 0.904. The van der Waals surface area contributed by atoms with E-state index in [-0.39, 0.29) is 0 Å². The molecule has 0 saturated heterocycles. The van der Waals surface area contributed by atoms with E-state index in [1.165, 1.54) is 39.0 Å². The van der Waals surface area contributed by atoms with Crippen molar-refractivity contribution in [2.24, 2.45) is 7.05 Å². The Bertz CT molecular complexity index is 994. The fourth-order valence-corrected chi connectivity index (χ4v) is 3.95. The van der Waals surface area contributed by atoms with E-state index in [1.807, 2.05) is 0 Å². The first-order chi connectivity index (χ1) is 12.5. The predicted octanol–water partition coefficient (Wildman–Crippen LogP) is 4.79. The van der Waals surface area contributed by atoms with Crippen LogP contribution >= 0.6 is 0 Å². The number of aromatic nitrogens is 1. The number of hydrogen-bond acceptors (Lipinski definition) is 2.